The summed E-state index contributed by atoms with van der Waals surface area (Å²) in [5.74, 6) is 0.916. The number of aromatic nitrogens is 16. The molecule has 554 valence electrons. The normalized spacial score (nSPS) is 11.9. The van der Waals surface area contributed by atoms with Gasteiger partial charge in [0.15, 0.2) is 45.9 Å². The van der Waals surface area contributed by atoms with Crippen LogP contribution in [0.2, 0.25) is 0 Å². The summed E-state index contributed by atoms with van der Waals surface area (Å²) in [6.45, 7) is 34.1. The van der Waals surface area contributed by atoms with E-state index in [9.17, 15) is 0 Å². The van der Waals surface area contributed by atoms with E-state index in [2.05, 4.69) is 266 Å². The molecule has 0 unspecified atom stereocenters. The molecule has 2 N–H and O–H groups in total. The van der Waals surface area contributed by atoms with Crippen molar-refractivity contribution in [3.05, 3.63) is 235 Å². The van der Waals surface area contributed by atoms with E-state index in [1.807, 2.05) is 0 Å². The molecule has 24 heteroatoms. The Hall–Kier alpha value is -9.76. The van der Waals surface area contributed by atoms with Crippen molar-refractivity contribution in [1.29, 1.82) is 0 Å². The molecule has 7 aromatic heterocycles. The van der Waals surface area contributed by atoms with Crippen molar-refractivity contribution < 1.29 is 0 Å². The summed E-state index contributed by atoms with van der Waals surface area (Å²) in [6, 6.07) is 50.8. The summed E-state index contributed by atoms with van der Waals surface area (Å²) in [7, 11) is 0. The number of aromatic amines is 2. The number of hydrogen-bond donors (Lipinski definition) is 2. The van der Waals surface area contributed by atoms with Crippen LogP contribution in [0.4, 0.5) is 0 Å². The van der Waals surface area contributed by atoms with Gasteiger partial charge in [0.25, 0.3) is 0 Å². The van der Waals surface area contributed by atoms with Crippen LogP contribution in [0.1, 0.15) is 89.0 Å². The molecule has 2 aliphatic rings. The molecule has 16 nitrogen and oxygen atoms in total. The predicted octanol–water partition coefficient (Wildman–Crippen LogP) is 24.2. The molecule has 0 aliphatic carbocycles. The molecule has 8 bridgehead atoms. The van der Waals surface area contributed by atoms with Gasteiger partial charge in [-0.2, -0.15) is 0 Å². The minimum Gasteiger partial charge on any atom is -0.321 e. The van der Waals surface area contributed by atoms with Crippen LogP contribution < -0.4 is 0 Å². The van der Waals surface area contributed by atoms with Crippen LogP contribution in [0.25, 0.3) is 90.7 Å². The number of nitrogens with zero attached hydrogens (tertiary/aromatic N) is 14. The first-order valence-electron chi connectivity index (χ1n) is 36.5. The molecule has 15 aromatic rings. The van der Waals surface area contributed by atoms with Gasteiger partial charge in [-0.25, -0.2) is 69.8 Å². The van der Waals surface area contributed by atoms with Crippen LogP contribution >= 0.6 is 94.1 Å². The van der Waals surface area contributed by atoms with Gasteiger partial charge in [-0.15, -0.1) is 0 Å². The van der Waals surface area contributed by atoms with Crippen molar-refractivity contribution in [3.63, 3.8) is 0 Å². The third kappa shape index (κ3) is 14.4. The topological polar surface area (TPSA) is 212 Å². The van der Waals surface area contributed by atoms with Gasteiger partial charge in [0.2, 0.25) is 0 Å². The van der Waals surface area contributed by atoms with E-state index in [0.29, 0.717) is 108 Å². The average Bonchev–Trinajstić information content (AvgIpc) is 1.58. The van der Waals surface area contributed by atoms with Gasteiger partial charge in [0, 0.05) is 39.2 Å². The highest BCUT2D eigenvalue weighted by atomic mass is 32.2. The molecule has 0 saturated carbocycles. The third-order valence-corrected chi connectivity index (χ3v) is 30.8. The Morgan fingerprint density at radius 2 is 0.304 bits per heavy atom. The second kappa shape index (κ2) is 30.6. The molecule has 0 fully saturated rings. The lowest BCUT2D eigenvalue weighted by atomic mass is 10.2. The fraction of sp³-hybridized carbons (Fsp3) is 0.182. The lowest BCUT2D eigenvalue weighted by Gasteiger charge is -2.14. The number of fused-ring (bicyclic) bond motifs is 20. The smallest absolute Gasteiger partial charge is 0.184 e. The molecule has 0 radical (unpaired) electrons. The van der Waals surface area contributed by atoms with E-state index in [4.69, 9.17) is 69.8 Å². The summed E-state index contributed by atoms with van der Waals surface area (Å²) in [4.78, 5) is 95.4. The van der Waals surface area contributed by atoms with Crippen molar-refractivity contribution >= 4 is 139 Å². The highest BCUT2D eigenvalue weighted by Crippen LogP contribution is 2.50. The van der Waals surface area contributed by atoms with Gasteiger partial charge in [0.05, 0.1) is 0 Å². The predicted molar refractivity (Wildman–Crippen MR) is 459 cm³/mol. The lowest BCUT2D eigenvalue weighted by molar-refractivity contribution is 0.928. The van der Waals surface area contributed by atoms with Gasteiger partial charge < -0.3 is 9.97 Å². The van der Waals surface area contributed by atoms with Gasteiger partial charge >= 0.3 is 0 Å². The van der Waals surface area contributed by atoms with Crippen LogP contribution in [0.15, 0.2) is 225 Å². The zero-order valence-electron chi connectivity index (χ0n) is 64.4. The van der Waals surface area contributed by atoms with Crippen molar-refractivity contribution in [3.8, 4) is 46.1 Å². The highest BCUT2D eigenvalue weighted by Gasteiger charge is 2.33. The number of H-pyrrole nitrogens is 2. The lowest BCUT2D eigenvalue weighted by Crippen LogP contribution is -1.98. The molecule has 0 amide bonds. The van der Waals surface area contributed by atoms with E-state index in [1.165, 1.54) is 0 Å². The summed E-state index contributed by atoms with van der Waals surface area (Å²) >= 11 is 12.6. The van der Waals surface area contributed by atoms with E-state index in [0.717, 1.165) is 128 Å². The Morgan fingerprint density at radius 3 is 0.446 bits per heavy atom. The number of rotatable bonds is 16. The number of aryl methyl sites for hydroxylation is 16. The number of nitrogens with one attached hydrogen (secondary N) is 2. The van der Waals surface area contributed by atoms with E-state index < -0.39 is 0 Å². The maximum atomic E-state index is 5.74. The Labute approximate surface area is 683 Å². The van der Waals surface area contributed by atoms with Crippen LogP contribution in [0.5, 0.6) is 0 Å². The van der Waals surface area contributed by atoms with Crippen molar-refractivity contribution in [2.75, 3.05) is 0 Å². The maximum Gasteiger partial charge on any atom is 0.184 e. The van der Waals surface area contributed by atoms with Crippen LogP contribution in [0.3, 0.4) is 0 Å². The summed E-state index contributed by atoms with van der Waals surface area (Å²) in [5, 5.41) is 5.37. The second-order valence-corrected chi connectivity index (χ2v) is 36.3. The Bertz CT molecular complexity index is 5710. The fourth-order valence-electron chi connectivity index (χ4n) is 13.8. The molecule has 112 heavy (non-hydrogen) atoms. The van der Waals surface area contributed by atoms with Gasteiger partial charge in [-0.1, -0.05) is 240 Å². The van der Waals surface area contributed by atoms with Crippen LogP contribution in [-0.4, -0.2) is 79.7 Å². The molecule has 0 spiro atoms. The molecule has 0 atom stereocenters. The minimum absolute atomic E-state index is 0.229. The van der Waals surface area contributed by atoms with Crippen LogP contribution in [0, 0.1) is 111 Å². The van der Waals surface area contributed by atoms with Crippen molar-refractivity contribution in [1.82, 2.24) is 79.7 Å². The largest absolute Gasteiger partial charge is 0.321 e. The van der Waals surface area contributed by atoms with E-state index in [-0.39, 0.29) is 23.3 Å². The zero-order chi connectivity index (χ0) is 77.7. The first-order chi connectivity index (χ1) is 54.0. The molecule has 17 rings (SSSR count). The number of hydrogen-bond acceptors (Lipinski definition) is 22. The molecular weight excluding hydrogens is 1540 g/mol. The quantitative estimate of drug-likeness (QED) is 0.0920. The Balaban J connectivity index is 1.03. The van der Waals surface area contributed by atoms with E-state index in [1.54, 1.807) is 94.1 Å². The van der Waals surface area contributed by atoms with Crippen molar-refractivity contribution in [2.24, 2.45) is 0 Å². The van der Waals surface area contributed by atoms with Gasteiger partial charge in [-0.3, -0.25) is 0 Å². The fourth-order valence-corrected chi connectivity index (χ4v) is 22.2. The Kier molecular flexibility index (Phi) is 20.5. The van der Waals surface area contributed by atoms with E-state index >= 15 is 0 Å². The minimum atomic E-state index is 0.229. The standard InChI is InChI=1S/C88H74N16S8/c1-41-25-17-26-42(2)65(41)105-81-82(106-66-43(3)27-18-28-44(66)4)90-58-57(89-81)73-97-74(58)102-76-61-62(94-86(110-70-51(11)35-22-36-52(70)12)85(93-61)109-69-49(9)33-21-34-50(69)10)78(99-76)104-80-64-63(95-87(111-71-53(13)37-23-38-54(71)14)88(96-64)112-72-55(15)39-24-40-56(72)16)79(100-80)103-77-60-59(75(98-77)101-73)91-83(107-67-45(5)29-19-30-46(67)6)84(92-60)108-68-47(7)31-20-32-48(68)8/h17-40H,1-16H3,(H2,97,98,99,100,101,102,103,104). The monoisotopic (exact) mass is 1610 g/mol. The van der Waals surface area contributed by atoms with Crippen molar-refractivity contribution in [2.45, 2.75) is 190 Å². The SMILES string of the molecule is Cc1cccc(C)c1Sc1nc2c(nc1Sc1c(C)cccc1C)-c1nc-2nc2[nH]c(nc3nc(nc4[nH]c(n1)c1nc(Sc5c(C)cccc5C)c(Sc5c(C)cccc5C)nc41)-c1nc(Sc4c(C)cccc4C)c(Sc4c(C)cccc4C)nc1-3)c1nc(Sc3c(C)cccc3C)c(Sc3c(C)cccc3C)nc21. The maximum absolute atomic E-state index is 5.74. The van der Waals surface area contributed by atoms with Gasteiger partial charge in [0.1, 0.15) is 85.1 Å². The van der Waals surface area contributed by atoms with Crippen LogP contribution in [-0.2, 0) is 0 Å². The average molecular weight is 1610 g/mol. The summed E-state index contributed by atoms with van der Waals surface area (Å²) in [6.07, 6.45) is 0. The highest BCUT2D eigenvalue weighted by molar-refractivity contribution is 8.03. The molecule has 2 aliphatic heterocycles. The second-order valence-electron chi connectivity index (χ2n) is 28.3. The number of benzene rings is 8. The summed E-state index contributed by atoms with van der Waals surface area (Å²) in [5.41, 5.74) is 22.3. The van der Waals surface area contributed by atoms with Gasteiger partial charge in [-0.05, 0) is 200 Å². The molecule has 8 aromatic carbocycles. The third-order valence-electron chi connectivity index (χ3n) is 19.7. The Morgan fingerprint density at radius 1 is 0.170 bits per heavy atom. The summed E-state index contributed by atoms with van der Waals surface area (Å²) < 4.78 is 0. The first-order valence-corrected chi connectivity index (χ1v) is 43.0. The molecule has 0 saturated heterocycles. The molecule has 9 heterocycles. The zero-order valence-corrected chi connectivity index (χ0v) is 70.9. The molecular formula is C88H74N16S8. The first kappa shape index (κ1) is 75.0.